The minimum atomic E-state index is -0.774. The van der Waals surface area contributed by atoms with Crippen molar-refractivity contribution in [1.29, 1.82) is 0 Å². The molecular formula is C18H22N2O6. The van der Waals surface area contributed by atoms with Gasteiger partial charge in [0, 0.05) is 12.6 Å². The molecule has 1 heterocycles. The third-order valence-electron chi connectivity index (χ3n) is 4.05. The molecular weight excluding hydrogens is 340 g/mol. The molecule has 1 aromatic rings. The zero-order chi connectivity index (χ0) is 19.3. The molecule has 140 valence electrons. The van der Waals surface area contributed by atoms with E-state index in [0.29, 0.717) is 29.4 Å². The van der Waals surface area contributed by atoms with E-state index in [1.165, 1.54) is 32.3 Å². The average molecular weight is 362 g/mol. The van der Waals surface area contributed by atoms with Crippen LogP contribution in [-0.4, -0.2) is 56.5 Å². The van der Waals surface area contributed by atoms with Gasteiger partial charge < -0.3 is 19.1 Å². The molecule has 3 amide bonds. The maximum Gasteiger partial charge on any atom is 0.249 e. The zero-order valence-electron chi connectivity index (χ0n) is 15.2. The third-order valence-corrected chi connectivity index (χ3v) is 4.05. The molecule has 1 fully saturated rings. The lowest BCUT2D eigenvalue weighted by atomic mass is 10.1. The number of hydrogen-bond acceptors (Lipinski definition) is 6. The topological polar surface area (TPSA) is 94.2 Å². The maximum absolute atomic E-state index is 12.5. The van der Waals surface area contributed by atoms with E-state index in [1.54, 1.807) is 25.1 Å². The largest absolute Gasteiger partial charge is 0.493 e. The van der Waals surface area contributed by atoms with E-state index < -0.39 is 11.9 Å². The normalized spacial score (nSPS) is 16.5. The Kier molecular flexibility index (Phi) is 6.21. The lowest BCUT2D eigenvalue weighted by Gasteiger charge is -2.23. The van der Waals surface area contributed by atoms with Gasteiger partial charge in [-0.2, -0.15) is 0 Å². The molecule has 0 spiro atoms. The van der Waals surface area contributed by atoms with E-state index in [9.17, 15) is 14.4 Å². The third kappa shape index (κ3) is 3.96. The van der Waals surface area contributed by atoms with Crippen molar-refractivity contribution in [3.63, 3.8) is 0 Å². The summed E-state index contributed by atoms with van der Waals surface area (Å²) in [5.41, 5.74) is 0.663. The second kappa shape index (κ2) is 8.37. The van der Waals surface area contributed by atoms with E-state index in [0.717, 1.165) is 0 Å². The fourth-order valence-corrected chi connectivity index (χ4v) is 2.78. The summed E-state index contributed by atoms with van der Waals surface area (Å²) in [5, 5.41) is 2.21. The monoisotopic (exact) mass is 362 g/mol. The van der Waals surface area contributed by atoms with Gasteiger partial charge >= 0.3 is 0 Å². The van der Waals surface area contributed by atoms with Crippen LogP contribution in [-0.2, 0) is 14.4 Å². The molecule has 1 N–H and O–H groups in total. The van der Waals surface area contributed by atoms with Gasteiger partial charge in [-0.25, -0.2) is 0 Å². The highest BCUT2D eigenvalue weighted by Crippen LogP contribution is 2.38. The Bertz CT molecular complexity index is 718. The van der Waals surface area contributed by atoms with Crippen molar-refractivity contribution in [2.45, 2.75) is 19.4 Å². The molecule has 1 aliphatic rings. The molecule has 1 aromatic carbocycles. The Balaban J connectivity index is 2.23. The standard InChI is InChI=1S/C18H22N2O6/c1-5-20(12-10-15(21)19-18(12)23)16(22)7-6-11-8-13(24-2)17(26-4)14(9-11)25-3/h6-9,12H,5,10H2,1-4H3,(H,19,21,23)/b7-6+. The van der Waals surface area contributed by atoms with Crippen molar-refractivity contribution >= 4 is 23.8 Å². The van der Waals surface area contributed by atoms with E-state index >= 15 is 0 Å². The Labute approximate surface area is 151 Å². The van der Waals surface area contributed by atoms with Crippen LogP contribution in [0.1, 0.15) is 18.9 Å². The summed E-state index contributed by atoms with van der Waals surface area (Å²) in [7, 11) is 4.52. The molecule has 8 nitrogen and oxygen atoms in total. The minimum Gasteiger partial charge on any atom is -0.493 e. The Hall–Kier alpha value is -3.03. The molecule has 0 aromatic heterocycles. The first-order chi connectivity index (χ1) is 12.4. The first kappa shape index (κ1) is 19.3. The molecule has 0 saturated carbocycles. The molecule has 26 heavy (non-hydrogen) atoms. The summed E-state index contributed by atoms with van der Waals surface area (Å²) in [5.74, 6) is 0.191. The highest BCUT2D eigenvalue weighted by molar-refractivity contribution is 6.07. The number of carbonyl (C=O) groups is 3. The van der Waals surface area contributed by atoms with Gasteiger partial charge in [-0.3, -0.25) is 19.7 Å². The molecule has 2 rings (SSSR count). The Morgan fingerprint density at radius 3 is 2.23 bits per heavy atom. The van der Waals surface area contributed by atoms with Crippen LogP contribution in [0.5, 0.6) is 17.2 Å². The number of nitrogens with one attached hydrogen (secondary N) is 1. The Morgan fingerprint density at radius 2 is 1.81 bits per heavy atom. The van der Waals surface area contributed by atoms with Crippen molar-refractivity contribution in [1.82, 2.24) is 10.2 Å². The quantitative estimate of drug-likeness (QED) is 0.574. The van der Waals surface area contributed by atoms with Crippen LogP contribution in [0.3, 0.4) is 0 Å². The van der Waals surface area contributed by atoms with Crippen molar-refractivity contribution in [3.8, 4) is 17.2 Å². The van der Waals surface area contributed by atoms with Crippen molar-refractivity contribution < 1.29 is 28.6 Å². The van der Waals surface area contributed by atoms with E-state index in [-0.39, 0.29) is 18.2 Å². The molecule has 0 bridgehead atoms. The second-order valence-electron chi connectivity index (χ2n) is 5.55. The van der Waals surface area contributed by atoms with Gasteiger partial charge in [0.05, 0.1) is 27.8 Å². The number of amides is 3. The summed E-state index contributed by atoms with van der Waals surface area (Å²) in [6, 6.07) is 2.63. The van der Waals surface area contributed by atoms with E-state index in [2.05, 4.69) is 5.32 Å². The van der Waals surface area contributed by atoms with Gasteiger partial charge in [-0.05, 0) is 30.7 Å². The number of benzene rings is 1. The number of likely N-dealkylation sites (N-methyl/N-ethyl adjacent to an activating group) is 1. The number of ether oxygens (including phenoxy) is 3. The van der Waals surface area contributed by atoms with E-state index in [4.69, 9.17) is 14.2 Å². The number of rotatable bonds is 7. The molecule has 0 radical (unpaired) electrons. The van der Waals surface area contributed by atoms with Gasteiger partial charge in [0.2, 0.25) is 23.5 Å². The SMILES string of the molecule is CCN(C(=O)/C=C/c1cc(OC)c(OC)c(OC)c1)C1CC(=O)NC1=O. The number of carbonyl (C=O) groups excluding carboxylic acids is 3. The van der Waals surface area contributed by atoms with Crippen LogP contribution in [0, 0.1) is 0 Å². The van der Waals surface area contributed by atoms with E-state index in [1.807, 2.05) is 0 Å². The molecule has 0 aliphatic carbocycles. The second-order valence-corrected chi connectivity index (χ2v) is 5.55. The van der Waals surface area contributed by atoms with Crippen molar-refractivity contribution in [2.24, 2.45) is 0 Å². The van der Waals surface area contributed by atoms with Gasteiger partial charge in [0.15, 0.2) is 11.5 Å². The predicted octanol–water partition coefficient (Wildman–Crippen LogP) is 0.989. The fraction of sp³-hybridized carbons (Fsp3) is 0.389. The highest BCUT2D eigenvalue weighted by atomic mass is 16.5. The van der Waals surface area contributed by atoms with Crippen LogP contribution in [0.2, 0.25) is 0 Å². The minimum absolute atomic E-state index is 0.0174. The van der Waals surface area contributed by atoms with Crippen LogP contribution in [0.25, 0.3) is 6.08 Å². The van der Waals surface area contributed by atoms with Crippen LogP contribution in [0.4, 0.5) is 0 Å². The molecule has 1 aliphatic heterocycles. The van der Waals surface area contributed by atoms with Crippen LogP contribution in [0.15, 0.2) is 18.2 Å². The number of methoxy groups -OCH3 is 3. The van der Waals surface area contributed by atoms with Crippen molar-refractivity contribution in [2.75, 3.05) is 27.9 Å². The summed E-state index contributed by atoms with van der Waals surface area (Å²) in [6.07, 6.45) is 2.92. The van der Waals surface area contributed by atoms with Crippen LogP contribution < -0.4 is 19.5 Å². The zero-order valence-corrected chi connectivity index (χ0v) is 15.2. The maximum atomic E-state index is 12.5. The van der Waals surface area contributed by atoms with Crippen LogP contribution >= 0.6 is 0 Å². The summed E-state index contributed by atoms with van der Waals surface area (Å²) >= 11 is 0. The molecule has 8 heteroatoms. The highest BCUT2D eigenvalue weighted by Gasteiger charge is 2.36. The van der Waals surface area contributed by atoms with Gasteiger partial charge in [0.1, 0.15) is 6.04 Å². The summed E-state index contributed by atoms with van der Waals surface area (Å²) in [6.45, 7) is 2.06. The fourth-order valence-electron chi connectivity index (χ4n) is 2.78. The number of imide groups is 1. The lowest BCUT2D eigenvalue weighted by molar-refractivity contribution is -0.135. The molecule has 1 saturated heterocycles. The lowest BCUT2D eigenvalue weighted by Crippen LogP contribution is -2.43. The number of nitrogens with zero attached hydrogens (tertiary/aromatic N) is 1. The average Bonchev–Trinajstić information content (AvgIpc) is 2.97. The smallest absolute Gasteiger partial charge is 0.249 e. The summed E-state index contributed by atoms with van der Waals surface area (Å²) < 4.78 is 15.8. The molecule has 1 unspecified atom stereocenters. The van der Waals surface area contributed by atoms with Gasteiger partial charge in [-0.1, -0.05) is 0 Å². The van der Waals surface area contributed by atoms with Gasteiger partial charge in [-0.15, -0.1) is 0 Å². The predicted molar refractivity (Wildman–Crippen MR) is 94.1 cm³/mol. The molecule has 1 atom stereocenters. The number of hydrogen-bond donors (Lipinski definition) is 1. The first-order valence-corrected chi connectivity index (χ1v) is 8.07. The van der Waals surface area contributed by atoms with Gasteiger partial charge in [0.25, 0.3) is 0 Å². The van der Waals surface area contributed by atoms with Crippen molar-refractivity contribution in [3.05, 3.63) is 23.8 Å². The summed E-state index contributed by atoms with van der Waals surface area (Å²) in [4.78, 5) is 37.0. The Morgan fingerprint density at radius 1 is 1.19 bits per heavy atom. The first-order valence-electron chi connectivity index (χ1n) is 8.07.